The molecule has 2 heterocycles. The highest BCUT2D eigenvalue weighted by Crippen LogP contribution is 2.34. The topological polar surface area (TPSA) is 29.5 Å². The van der Waals surface area contributed by atoms with Crippen molar-refractivity contribution in [2.24, 2.45) is 0 Å². The van der Waals surface area contributed by atoms with Crippen molar-refractivity contribution in [1.29, 1.82) is 0 Å². The van der Waals surface area contributed by atoms with Crippen LogP contribution in [0.25, 0.3) is 0 Å². The van der Waals surface area contributed by atoms with E-state index in [1.807, 2.05) is 29.2 Å². The fourth-order valence-electron chi connectivity index (χ4n) is 2.70. The maximum atomic E-state index is 12.7. The minimum atomic E-state index is 0.113. The second-order valence-corrected chi connectivity index (χ2v) is 5.86. The molecule has 4 heteroatoms. The van der Waals surface area contributed by atoms with E-state index in [1.165, 1.54) is 4.88 Å². The number of hydrogen-bond acceptors (Lipinski definition) is 3. The summed E-state index contributed by atoms with van der Waals surface area (Å²) < 4.78 is 5.16. The lowest BCUT2D eigenvalue weighted by atomic mass is 9.92. The second-order valence-electron chi connectivity index (χ2n) is 4.88. The van der Waals surface area contributed by atoms with Gasteiger partial charge in [0.05, 0.1) is 12.6 Å². The van der Waals surface area contributed by atoms with Crippen molar-refractivity contribution in [3.63, 3.8) is 0 Å². The van der Waals surface area contributed by atoms with Crippen molar-refractivity contribution in [3.8, 4) is 0 Å². The zero-order chi connectivity index (χ0) is 13.9. The van der Waals surface area contributed by atoms with Gasteiger partial charge < -0.3 is 9.64 Å². The second kappa shape index (κ2) is 5.77. The van der Waals surface area contributed by atoms with Gasteiger partial charge in [-0.2, -0.15) is 0 Å². The molecule has 0 radical (unpaired) electrons. The number of carbonyl (C=O) groups is 1. The molecule has 1 atom stereocenters. The van der Waals surface area contributed by atoms with Crippen LogP contribution in [0.15, 0.2) is 41.8 Å². The molecule has 2 aromatic rings. The Labute approximate surface area is 122 Å². The van der Waals surface area contributed by atoms with Crippen LogP contribution in [0.1, 0.15) is 26.8 Å². The van der Waals surface area contributed by atoms with Crippen LogP contribution in [0.4, 0.5) is 0 Å². The standard InChI is InChI=1S/C16H17NO2S/c1-19-9-8-17-14(15-7-4-10-20-15)11-12-5-2-3-6-13(12)16(17)18/h2-7,10,14H,8-9,11H2,1H3. The number of methoxy groups -OCH3 is 1. The molecule has 0 bridgehead atoms. The third-order valence-corrected chi connectivity index (χ3v) is 4.68. The van der Waals surface area contributed by atoms with Gasteiger partial charge in [-0.25, -0.2) is 0 Å². The Kier molecular flexibility index (Phi) is 3.85. The first-order chi connectivity index (χ1) is 9.81. The van der Waals surface area contributed by atoms with Crippen molar-refractivity contribution in [2.45, 2.75) is 12.5 Å². The van der Waals surface area contributed by atoms with Crippen molar-refractivity contribution in [2.75, 3.05) is 20.3 Å². The Bertz CT molecular complexity index is 594. The van der Waals surface area contributed by atoms with Gasteiger partial charge in [0, 0.05) is 24.1 Å². The lowest BCUT2D eigenvalue weighted by molar-refractivity contribution is 0.0573. The molecule has 1 aromatic carbocycles. The quantitative estimate of drug-likeness (QED) is 0.864. The summed E-state index contributed by atoms with van der Waals surface area (Å²) in [4.78, 5) is 15.9. The normalized spacial score (nSPS) is 18.1. The monoisotopic (exact) mass is 287 g/mol. The van der Waals surface area contributed by atoms with Gasteiger partial charge in [0.15, 0.2) is 0 Å². The van der Waals surface area contributed by atoms with Crippen molar-refractivity contribution >= 4 is 17.2 Å². The van der Waals surface area contributed by atoms with E-state index in [4.69, 9.17) is 4.74 Å². The fraction of sp³-hybridized carbons (Fsp3) is 0.312. The summed E-state index contributed by atoms with van der Waals surface area (Å²) in [5, 5.41) is 2.06. The van der Waals surface area contributed by atoms with Gasteiger partial charge in [0.2, 0.25) is 0 Å². The van der Waals surface area contributed by atoms with E-state index in [1.54, 1.807) is 18.4 Å². The smallest absolute Gasteiger partial charge is 0.254 e. The van der Waals surface area contributed by atoms with Gasteiger partial charge >= 0.3 is 0 Å². The predicted octanol–water partition coefficient (Wildman–Crippen LogP) is 3.13. The Morgan fingerprint density at radius 1 is 1.30 bits per heavy atom. The van der Waals surface area contributed by atoms with Crippen LogP contribution in [0.3, 0.4) is 0 Å². The van der Waals surface area contributed by atoms with Gasteiger partial charge in [0.1, 0.15) is 0 Å². The van der Waals surface area contributed by atoms with Crippen molar-refractivity contribution in [1.82, 2.24) is 4.90 Å². The molecule has 3 rings (SSSR count). The minimum absolute atomic E-state index is 0.113. The third kappa shape index (κ3) is 2.37. The number of hydrogen-bond donors (Lipinski definition) is 0. The highest BCUT2D eigenvalue weighted by molar-refractivity contribution is 7.10. The summed E-state index contributed by atoms with van der Waals surface area (Å²) in [5.74, 6) is 0.113. The highest BCUT2D eigenvalue weighted by Gasteiger charge is 2.33. The fourth-order valence-corrected chi connectivity index (χ4v) is 3.54. The van der Waals surface area contributed by atoms with Crippen molar-refractivity contribution < 1.29 is 9.53 Å². The summed E-state index contributed by atoms with van der Waals surface area (Å²) in [6.45, 7) is 1.20. The number of carbonyl (C=O) groups excluding carboxylic acids is 1. The lowest BCUT2D eigenvalue weighted by Gasteiger charge is -2.36. The zero-order valence-electron chi connectivity index (χ0n) is 11.4. The molecule has 3 nitrogen and oxygen atoms in total. The number of ether oxygens (including phenoxy) is 1. The number of amides is 1. The molecule has 0 N–H and O–H groups in total. The van der Waals surface area contributed by atoms with E-state index in [9.17, 15) is 4.79 Å². The van der Waals surface area contributed by atoms with Gasteiger partial charge in [0.25, 0.3) is 5.91 Å². The Balaban J connectivity index is 1.98. The SMILES string of the molecule is COCCN1C(=O)c2ccccc2CC1c1cccs1. The molecule has 1 unspecified atom stereocenters. The van der Waals surface area contributed by atoms with Crippen LogP contribution >= 0.6 is 11.3 Å². The van der Waals surface area contributed by atoms with Crippen molar-refractivity contribution in [3.05, 3.63) is 57.8 Å². The van der Waals surface area contributed by atoms with E-state index in [2.05, 4.69) is 17.5 Å². The van der Waals surface area contributed by atoms with Crippen LogP contribution in [0.2, 0.25) is 0 Å². The maximum Gasteiger partial charge on any atom is 0.254 e. The lowest BCUT2D eigenvalue weighted by Crippen LogP contribution is -2.41. The van der Waals surface area contributed by atoms with Gasteiger partial charge in [-0.3, -0.25) is 4.79 Å². The van der Waals surface area contributed by atoms with Gasteiger partial charge in [-0.1, -0.05) is 24.3 Å². The van der Waals surface area contributed by atoms with Gasteiger partial charge in [-0.05, 0) is 29.5 Å². The molecule has 0 saturated heterocycles. The first kappa shape index (κ1) is 13.3. The number of fused-ring (bicyclic) bond motifs is 1. The Morgan fingerprint density at radius 2 is 2.15 bits per heavy atom. The van der Waals surface area contributed by atoms with Crippen LogP contribution < -0.4 is 0 Å². The van der Waals surface area contributed by atoms with Gasteiger partial charge in [-0.15, -0.1) is 11.3 Å². The van der Waals surface area contributed by atoms with Crippen LogP contribution in [-0.4, -0.2) is 31.1 Å². The molecular formula is C16H17NO2S. The summed E-state index contributed by atoms with van der Waals surface area (Å²) in [6, 6.07) is 12.2. The molecule has 20 heavy (non-hydrogen) atoms. The largest absolute Gasteiger partial charge is 0.383 e. The minimum Gasteiger partial charge on any atom is -0.383 e. The van der Waals surface area contributed by atoms with E-state index in [0.717, 1.165) is 17.5 Å². The first-order valence-corrected chi connectivity index (χ1v) is 7.60. The van der Waals surface area contributed by atoms with E-state index in [-0.39, 0.29) is 11.9 Å². The van der Waals surface area contributed by atoms with E-state index >= 15 is 0 Å². The third-order valence-electron chi connectivity index (χ3n) is 3.71. The number of nitrogens with zero attached hydrogens (tertiary/aromatic N) is 1. The molecule has 0 spiro atoms. The zero-order valence-corrected chi connectivity index (χ0v) is 12.2. The molecule has 1 aliphatic heterocycles. The molecule has 0 aliphatic carbocycles. The summed E-state index contributed by atoms with van der Waals surface area (Å²) in [5.41, 5.74) is 1.97. The van der Waals surface area contributed by atoms with Crippen LogP contribution in [0, 0.1) is 0 Å². The summed E-state index contributed by atoms with van der Waals surface area (Å²) in [6.07, 6.45) is 0.881. The predicted molar refractivity (Wildman–Crippen MR) is 80.1 cm³/mol. The molecule has 104 valence electrons. The Morgan fingerprint density at radius 3 is 2.90 bits per heavy atom. The number of rotatable bonds is 4. The molecule has 1 aromatic heterocycles. The number of benzene rings is 1. The average Bonchev–Trinajstić information content (AvgIpc) is 3.00. The molecule has 0 fully saturated rings. The van der Waals surface area contributed by atoms with E-state index < -0.39 is 0 Å². The molecule has 0 saturated carbocycles. The maximum absolute atomic E-state index is 12.7. The highest BCUT2D eigenvalue weighted by atomic mass is 32.1. The van der Waals surface area contributed by atoms with E-state index in [0.29, 0.717) is 13.2 Å². The van der Waals surface area contributed by atoms with Crippen LogP contribution in [-0.2, 0) is 11.2 Å². The average molecular weight is 287 g/mol. The molecule has 1 amide bonds. The first-order valence-electron chi connectivity index (χ1n) is 6.72. The summed E-state index contributed by atoms with van der Waals surface area (Å²) >= 11 is 1.71. The Hall–Kier alpha value is -1.65. The molecule has 1 aliphatic rings. The summed E-state index contributed by atoms with van der Waals surface area (Å²) in [7, 11) is 1.67. The number of thiophene rings is 1. The molecular weight excluding hydrogens is 270 g/mol. The van der Waals surface area contributed by atoms with Crippen LogP contribution in [0.5, 0.6) is 0 Å².